The molecule has 0 spiro atoms. The van der Waals surface area contributed by atoms with Crippen molar-refractivity contribution in [3.63, 3.8) is 0 Å². The van der Waals surface area contributed by atoms with E-state index in [2.05, 4.69) is 223 Å². The fourth-order valence-corrected chi connectivity index (χ4v) is 14.8. The summed E-state index contributed by atoms with van der Waals surface area (Å²) in [6, 6.07) is 45.1. The second-order valence-corrected chi connectivity index (χ2v) is 28.0. The Balaban J connectivity index is 1.22. The van der Waals surface area contributed by atoms with Gasteiger partial charge in [-0.3, -0.25) is 0 Å². The van der Waals surface area contributed by atoms with Gasteiger partial charge in [0.2, 0.25) is 0 Å². The van der Waals surface area contributed by atoms with Gasteiger partial charge in [0.25, 0.3) is 6.71 Å². The molecule has 1 aromatic heterocycles. The zero-order valence-electron chi connectivity index (χ0n) is 43.9. The van der Waals surface area contributed by atoms with E-state index in [9.17, 15) is 0 Å². The lowest BCUT2D eigenvalue weighted by molar-refractivity contribution is 0.590. The molecular formula is C64H63B3N2S. The Labute approximate surface area is 421 Å². The van der Waals surface area contributed by atoms with Gasteiger partial charge in [-0.05, 0) is 139 Å². The van der Waals surface area contributed by atoms with Crippen LogP contribution in [0.3, 0.4) is 0 Å². The van der Waals surface area contributed by atoms with Crippen LogP contribution in [0.15, 0.2) is 109 Å². The highest BCUT2D eigenvalue weighted by molar-refractivity contribution is 7.25. The maximum absolute atomic E-state index is 2.90. The van der Waals surface area contributed by atoms with Crippen LogP contribution in [-0.2, 0) is 27.1 Å². The molecule has 0 unspecified atom stereocenters. The van der Waals surface area contributed by atoms with E-state index in [0.29, 0.717) is 0 Å². The molecule has 0 amide bonds. The Hall–Kier alpha value is -5.71. The molecule has 6 aliphatic heterocycles. The van der Waals surface area contributed by atoms with Gasteiger partial charge >= 0.3 is 13.7 Å². The van der Waals surface area contributed by atoms with Crippen LogP contribution in [0.25, 0.3) is 53.9 Å². The first-order chi connectivity index (χ1) is 32.9. The van der Waals surface area contributed by atoms with Crippen molar-refractivity contribution in [1.82, 2.24) is 0 Å². The molecule has 2 nitrogen and oxygen atoms in total. The van der Waals surface area contributed by atoms with Crippen LogP contribution in [0.5, 0.6) is 0 Å². The summed E-state index contributed by atoms with van der Waals surface area (Å²) < 4.78 is 1.37. The van der Waals surface area contributed by atoms with Crippen molar-refractivity contribution in [2.45, 2.75) is 131 Å². The zero-order valence-corrected chi connectivity index (χ0v) is 44.7. The lowest BCUT2D eigenvalue weighted by atomic mass is 9.28. The topological polar surface area (TPSA) is 6.48 Å². The number of hydrogen-bond acceptors (Lipinski definition) is 3. The largest absolute Gasteiger partial charge is 0.377 e. The van der Waals surface area contributed by atoms with E-state index in [-0.39, 0.29) is 47.5 Å². The third kappa shape index (κ3) is 5.50. The normalized spacial score (nSPS) is 15.5. The smallest absolute Gasteiger partial charge is 0.330 e. The Morgan fingerprint density at radius 2 is 0.743 bits per heavy atom. The Bertz CT molecular complexity index is 3720. The van der Waals surface area contributed by atoms with E-state index in [1.165, 1.54) is 143 Å². The molecule has 6 aliphatic rings. The van der Waals surface area contributed by atoms with Crippen molar-refractivity contribution in [3.05, 3.63) is 137 Å². The van der Waals surface area contributed by atoms with Crippen LogP contribution >= 0.6 is 11.3 Å². The van der Waals surface area contributed by atoms with Crippen LogP contribution in [0.1, 0.15) is 132 Å². The fourth-order valence-electron chi connectivity index (χ4n) is 13.5. The number of anilines is 4. The summed E-state index contributed by atoms with van der Waals surface area (Å²) >= 11 is 2.01. The second-order valence-electron chi connectivity index (χ2n) is 27.0. The van der Waals surface area contributed by atoms with Crippen molar-refractivity contribution in [3.8, 4) is 43.8 Å². The van der Waals surface area contributed by atoms with Gasteiger partial charge in [-0.25, -0.2) is 0 Å². The summed E-state index contributed by atoms with van der Waals surface area (Å²) in [6.07, 6.45) is 0. The van der Waals surface area contributed by atoms with Crippen LogP contribution in [-0.4, -0.2) is 20.4 Å². The SMILES string of the molecule is CC(C)(C)c1ccc2c(c1)B1c3cc(C(C)(C)C)ccc3-c3cc4c5c6c3N1c1c(cc(C(C)(C)C)cc1-2)B6c1cc(C(C)(C)C)cc2c1N5B(c1cc(C(C)(C)C)ccc1-4)c1c-2sc2ccccc12. The standard InChI is InChI=1S/C64H63B3N2S/c1-60(2,3)34-20-23-39-43-26-37(63(10,11)12)31-50-55(43)68-57-44(40-24-21-35(61(4,5)6)29-48(40)66(68)47(39)28-34)33-45-41-25-22-36(62(7,8)9)30-49(41)67-53-42-18-16-17-19-52(42)70-59(53)46-27-38(64(13,14)15)32-51-56(46)69(67)58(45)54(57)65(50)51/h16-33H,1-15H3. The average molecular weight is 925 g/mol. The number of hydrogen-bond donors (Lipinski definition) is 0. The highest BCUT2D eigenvalue weighted by atomic mass is 32.1. The van der Waals surface area contributed by atoms with Crippen molar-refractivity contribution in [2.75, 3.05) is 9.62 Å². The minimum atomic E-state index is -0.0697. The molecule has 7 aromatic carbocycles. The lowest BCUT2D eigenvalue weighted by Crippen LogP contribution is -2.72. The quantitative estimate of drug-likeness (QED) is 0.140. The van der Waals surface area contributed by atoms with Crippen molar-refractivity contribution < 1.29 is 0 Å². The number of fused-ring (bicyclic) bond motifs is 16. The predicted molar refractivity (Wildman–Crippen MR) is 309 cm³/mol. The third-order valence-electron chi connectivity index (χ3n) is 17.4. The van der Waals surface area contributed by atoms with Crippen LogP contribution < -0.4 is 47.9 Å². The van der Waals surface area contributed by atoms with Crippen LogP contribution in [0.4, 0.5) is 22.7 Å². The molecule has 0 saturated heterocycles. The first kappa shape index (κ1) is 43.1. The van der Waals surface area contributed by atoms with Crippen LogP contribution in [0.2, 0.25) is 0 Å². The molecule has 14 rings (SSSR count). The van der Waals surface area contributed by atoms with Gasteiger partial charge < -0.3 is 9.62 Å². The maximum atomic E-state index is 2.90. The highest BCUT2D eigenvalue weighted by Crippen LogP contribution is 2.57. The van der Waals surface area contributed by atoms with E-state index >= 15 is 0 Å². The second kappa shape index (κ2) is 13.2. The molecule has 0 aliphatic carbocycles. The Morgan fingerprint density at radius 3 is 1.23 bits per heavy atom. The summed E-state index contributed by atoms with van der Waals surface area (Å²) in [5, 5.41) is 1.39. The van der Waals surface area contributed by atoms with E-state index < -0.39 is 0 Å². The molecule has 0 bridgehead atoms. The van der Waals surface area contributed by atoms with Gasteiger partial charge in [-0.15, -0.1) is 11.3 Å². The number of nitrogens with zero attached hydrogens (tertiary/aromatic N) is 2. The van der Waals surface area contributed by atoms with Gasteiger partial charge in [0.05, 0.1) is 0 Å². The number of rotatable bonds is 0. The average Bonchev–Trinajstić information content (AvgIpc) is 3.68. The number of thiophene rings is 1. The molecule has 0 fully saturated rings. The lowest BCUT2D eigenvalue weighted by Gasteiger charge is -2.55. The van der Waals surface area contributed by atoms with Crippen LogP contribution in [0, 0.1) is 0 Å². The minimum absolute atomic E-state index is 0.00513. The summed E-state index contributed by atoms with van der Waals surface area (Å²) in [7, 11) is 0. The minimum Gasteiger partial charge on any atom is -0.377 e. The first-order valence-electron chi connectivity index (χ1n) is 26.0. The van der Waals surface area contributed by atoms with Crippen molar-refractivity contribution in [1.29, 1.82) is 0 Å². The molecule has 0 atom stereocenters. The van der Waals surface area contributed by atoms with Crippen molar-refractivity contribution >= 4 is 103 Å². The van der Waals surface area contributed by atoms with Gasteiger partial charge in [0, 0.05) is 54.6 Å². The van der Waals surface area contributed by atoms with E-state index in [4.69, 9.17) is 0 Å². The fraction of sp³-hybridized carbons (Fsp3) is 0.312. The molecule has 6 heteroatoms. The van der Waals surface area contributed by atoms with Gasteiger partial charge in [-0.2, -0.15) is 0 Å². The molecule has 70 heavy (non-hydrogen) atoms. The van der Waals surface area contributed by atoms with Gasteiger partial charge in [-0.1, -0.05) is 189 Å². The van der Waals surface area contributed by atoms with E-state index in [1.807, 2.05) is 11.3 Å². The molecule has 7 heterocycles. The summed E-state index contributed by atoms with van der Waals surface area (Å²) in [5.74, 6) is 0. The maximum Gasteiger partial charge on any atom is 0.330 e. The van der Waals surface area contributed by atoms with Crippen molar-refractivity contribution in [2.24, 2.45) is 0 Å². The summed E-state index contributed by atoms with van der Waals surface area (Å²) in [5.41, 5.74) is 32.3. The molecule has 0 radical (unpaired) electrons. The van der Waals surface area contributed by atoms with E-state index in [1.54, 1.807) is 0 Å². The Kier molecular flexibility index (Phi) is 8.14. The first-order valence-corrected chi connectivity index (χ1v) is 26.8. The van der Waals surface area contributed by atoms with Gasteiger partial charge in [0.1, 0.15) is 0 Å². The summed E-state index contributed by atoms with van der Waals surface area (Å²) in [6.45, 7) is 36.0. The third-order valence-corrected chi connectivity index (χ3v) is 18.6. The monoisotopic (exact) mass is 924 g/mol. The molecule has 0 saturated carbocycles. The Morgan fingerprint density at radius 1 is 0.343 bits per heavy atom. The number of benzene rings is 7. The predicted octanol–water partition coefficient (Wildman–Crippen LogP) is 12.3. The zero-order chi connectivity index (χ0) is 48.8. The van der Waals surface area contributed by atoms with Gasteiger partial charge in [0.15, 0.2) is 0 Å². The summed E-state index contributed by atoms with van der Waals surface area (Å²) in [4.78, 5) is 7.23. The molecule has 0 N–H and O–H groups in total. The highest BCUT2D eigenvalue weighted by Gasteiger charge is 2.57. The van der Waals surface area contributed by atoms with E-state index in [0.717, 1.165) is 0 Å². The molecule has 344 valence electrons. The molecule has 8 aromatic rings. The molecular weight excluding hydrogens is 861 g/mol.